The summed E-state index contributed by atoms with van der Waals surface area (Å²) in [7, 11) is 0. The maximum Gasteiger partial charge on any atom is 0.159 e. The lowest BCUT2D eigenvalue weighted by molar-refractivity contribution is 0.310. The number of hydrogen-bond donors (Lipinski definition) is 0. The molecule has 0 saturated heterocycles. The summed E-state index contributed by atoms with van der Waals surface area (Å²) >= 11 is 0. The lowest BCUT2D eigenvalue weighted by atomic mass is 9.76. The van der Waals surface area contributed by atoms with Crippen molar-refractivity contribution in [1.82, 2.24) is 0 Å². The van der Waals surface area contributed by atoms with Crippen LogP contribution in [0.25, 0.3) is 0 Å². The van der Waals surface area contributed by atoms with Crippen molar-refractivity contribution in [1.29, 1.82) is 0 Å². The SMILES string of the molecule is C[C@H](Cc1ccc(C2CCC(CCc3ccc(F)c(F)c3)CC2)cc1)c1ccccc1. The van der Waals surface area contributed by atoms with Crippen LogP contribution >= 0.6 is 0 Å². The molecule has 0 bridgehead atoms. The van der Waals surface area contributed by atoms with Crippen LogP contribution in [0.5, 0.6) is 0 Å². The van der Waals surface area contributed by atoms with Crippen molar-refractivity contribution in [3.63, 3.8) is 0 Å². The summed E-state index contributed by atoms with van der Waals surface area (Å²) in [6.07, 6.45) is 7.86. The van der Waals surface area contributed by atoms with Crippen LogP contribution in [0.1, 0.15) is 73.1 Å². The number of rotatable bonds is 7. The molecule has 4 rings (SSSR count). The molecule has 0 aliphatic heterocycles. The molecule has 0 unspecified atom stereocenters. The van der Waals surface area contributed by atoms with Crippen LogP contribution < -0.4 is 0 Å². The smallest absolute Gasteiger partial charge is 0.159 e. The minimum Gasteiger partial charge on any atom is -0.204 e. The zero-order chi connectivity index (χ0) is 21.6. The van der Waals surface area contributed by atoms with Gasteiger partial charge in [-0.25, -0.2) is 8.78 Å². The number of benzene rings is 3. The fraction of sp³-hybridized carbons (Fsp3) is 0.379. The molecule has 0 spiro atoms. The van der Waals surface area contributed by atoms with Gasteiger partial charge in [0, 0.05) is 0 Å². The molecule has 1 aliphatic carbocycles. The van der Waals surface area contributed by atoms with Gasteiger partial charge in [0.05, 0.1) is 0 Å². The molecule has 0 nitrogen and oxygen atoms in total. The predicted octanol–water partition coefficient (Wildman–Crippen LogP) is 8.22. The zero-order valence-electron chi connectivity index (χ0n) is 18.4. The normalized spacial score (nSPS) is 19.8. The Labute approximate surface area is 185 Å². The topological polar surface area (TPSA) is 0 Å². The molecule has 0 radical (unpaired) electrons. The van der Waals surface area contributed by atoms with Gasteiger partial charge in [-0.15, -0.1) is 0 Å². The third-order valence-electron chi connectivity index (χ3n) is 7.03. The van der Waals surface area contributed by atoms with Crippen molar-refractivity contribution in [3.8, 4) is 0 Å². The van der Waals surface area contributed by atoms with E-state index in [1.165, 1.54) is 54.5 Å². The van der Waals surface area contributed by atoms with E-state index in [0.717, 1.165) is 24.8 Å². The molecule has 0 aromatic heterocycles. The highest BCUT2D eigenvalue weighted by Crippen LogP contribution is 2.37. The first kappa shape index (κ1) is 21.7. The minimum atomic E-state index is -0.759. The first-order valence-corrected chi connectivity index (χ1v) is 11.7. The summed E-state index contributed by atoms with van der Waals surface area (Å²) in [5.41, 5.74) is 5.17. The molecular weight excluding hydrogens is 386 g/mol. The number of aryl methyl sites for hydroxylation is 1. The van der Waals surface area contributed by atoms with E-state index in [-0.39, 0.29) is 0 Å². The fourth-order valence-electron chi connectivity index (χ4n) is 5.03. The Morgan fingerprint density at radius 1 is 0.774 bits per heavy atom. The molecule has 31 heavy (non-hydrogen) atoms. The summed E-state index contributed by atoms with van der Waals surface area (Å²) in [5, 5.41) is 0. The van der Waals surface area contributed by atoms with Crippen LogP contribution in [0.2, 0.25) is 0 Å². The van der Waals surface area contributed by atoms with Crippen LogP contribution in [-0.4, -0.2) is 0 Å². The van der Waals surface area contributed by atoms with Crippen molar-refractivity contribution in [2.45, 2.75) is 63.7 Å². The molecule has 0 amide bonds. The van der Waals surface area contributed by atoms with Crippen molar-refractivity contribution in [2.75, 3.05) is 0 Å². The van der Waals surface area contributed by atoms with Crippen molar-refractivity contribution < 1.29 is 8.78 Å². The van der Waals surface area contributed by atoms with Crippen molar-refractivity contribution in [2.24, 2.45) is 5.92 Å². The second-order valence-electron chi connectivity index (χ2n) is 9.26. The van der Waals surface area contributed by atoms with Gasteiger partial charge >= 0.3 is 0 Å². The Morgan fingerprint density at radius 2 is 1.45 bits per heavy atom. The van der Waals surface area contributed by atoms with E-state index in [9.17, 15) is 8.78 Å². The average Bonchev–Trinajstić information content (AvgIpc) is 2.81. The van der Waals surface area contributed by atoms with E-state index in [1.807, 2.05) is 0 Å². The number of halogens is 2. The van der Waals surface area contributed by atoms with Gasteiger partial charge in [-0.1, -0.05) is 67.6 Å². The van der Waals surface area contributed by atoms with E-state index in [1.54, 1.807) is 6.07 Å². The summed E-state index contributed by atoms with van der Waals surface area (Å²) in [5.74, 6) is 0.375. The zero-order valence-corrected chi connectivity index (χ0v) is 18.4. The molecule has 2 heteroatoms. The molecule has 1 saturated carbocycles. The Kier molecular flexibility index (Phi) is 7.17. The Hall–Kier alpha value is -2.48. The van der Waals surface area contributed by atoms with Gasteiger partial charge in [-0.05, 0) is 97.1 Å². The highest BCUT2D eigenvalue weighted by Gasteiger charge is 2.22. The molecular formula is C29H32F2. The fourth-order valence-corrected chi connectivity index (χ4v) is 5.03. The van der Waals surface area contributed by atoms with Crippen LogP contribution in [0.4, 0.5) is 8.78 Å². The summed E-state index contributed by atoms with van der Waals surface area (Å²) in [6, 6.07) is 24.3. The Balaban J connectivity index is 1.25. The molecule has 1 atom stereocenters. The molecule has 1 fully saturated rings. The van der Waals surface area contributed by atoms with Crippen LogP contribution in [-0.2, 0) is 12.8 Å². The van der Waals surface area contributed by atoms with Gasteiger partial charge in [0.1, 0.15) is 0 Å². The largest absolute Gasteiger partial charge is 0.204 e. The second-order valence-corrected chi connectivity index (χ2v) is 9.26. The van der Waals surface area contributed by atoms with Crippen LogP contribution in [0.3, 0.4) is 0 Å². The van der Waals surface area contributed by atoms with Crippen LogP contribution in [0.15, 0.2) is 72.8 Å². The van der Waals surface area contributed by atoms with Crippen LogP contribution in [0, 0.1) is 17.6 Å². The lowest BCUT2D eigenvalue weighted by Gasteiger charge is -2.29. The van der Waals surface area contributed by atoms with Gasteiger partial charge in [0.25, 0.3) is 0 Å². The Bertz CT molecular complexity index is 954. The van der Waals surface area contributed by atoms with E-state index in [2.05, 4.69) is 61.5 Å². The molecule has 1 aliphatic rings. The van der Waals surface area contributed by atoms with Crippen molar-refractivity contribution >= 4 is 0 Å². The molecule has 0 heterocycles. The maximum atomic E-state index is 13.4. The first-order valence-electron chi connectivity index (χ1n) is 11.7. The minimum absolute atomic E-state index is 0.525. The van der Waals surface area contributed by atoms with Gasteiger partial charge in [0.2, 0.25) is 0 Å². The van der Waals surface area contributed by atoms with E-state index in [0.29, 0.717) is 17.8 Å². The van der Waals surface area contributed by atoms with E-state index >= 15 is 0 Å². The monoisotopic (exact) mass is 418 g/mol. The Morgan fingerprint density at radius 3 is 2.13 bits per heavy atom. The average molecular weight is 419 g/mol. The quantitative estimate of drug-likeness (QED) is 0.362. The summed E-state index contributed by atoms with van der Waals surface area (Å²) in [6.45, 7) is 2.30. The summed E-state index contributed by atoms with van der Waals surface area (Å²) < 4.78 is 26.5. The van der Waals surface area contributed by atoms with Gasteiger partial charge in [-0.2, -0.15) is 0 Å². The van der Waals surface area contributed by atoms with E-state index in [4.69, 9.17) is 0 Å². The van der Waals surface area contributed by atoms with Gasteiger partial charge < -0.3 is 0 Å². The predicted molar refractivity (Wildman–Crippen MR) is 124 cm³/mol. The highest BCUT2D eigenvalue weighted by atomic mass is 19.2. The standard InChI is InChI=1S/C29H32F2/c1-21(25-5-3-2-4-6-25)19-23-11-16-27(17-12-23)26-14-9-22(10-15-26)7-8-24-13-18-28(30)29(31)20-24/h2-6,11-13,16-18,20-22,26H,7-10,14-15,19H2,1H3/t21-,22?,26?/m1/s1. The number of hydrogen-bond acceptors (Lipinski definition) is 0. The third-order valence-corrected chi connectivity index (χ3v) is 7.03. The highest BCUT2D eigenvalue weighted by molar-refractivity contribution is 5.28. The van der Waals surface area contributed by atoms with Gasteiger partial charge in [-0.3, -0.25) is 0 Å². The molecule has 0 N–H and O–H groups in total. The first-order chi connectivity index (χ1) is 15.1. The lowest BCUT2D eigenvalue weighted by Crippen LogP contribution is -2.14. The third kappa shape index (κ3) is 5.81. The maximum absolute atomic E-state index is 13.4. The second kappa shape index (κ2) is 10.2. The van der Waals surface area contributed by atoms with E-state index < -0.39 is 11.6 Å². The van der Waals surface area contributed by atoms with Gasteiger partial charge in [0.15, 0.2) is 11.6 Å². The molecule has 162 valence electrons. The molecule has 3 aromatic carbocycles. The summed E-state index contributed by atoms with van der Waals surface area (Å²) in [4.78, 5) is 0. The molecule has 3 aromatic rings. The van der Waals surface area contributed by atoms with Crippen molar-refractivity contribution in [3.05, 3.63) is 107 Å².